The average molecular weight is 467 g/mol. The monoisotopic (exact) mass is 466 g/mol. The van der Waals surface area contributed by atoms with E-state index in [4.69, 9.17) is 23.2 Å². The minimum atomic E-state index is -0.606. The van der Waals surface area contributed by atoms with Crippen LogP contribution in [0.15, 0.2) is 48.5 Å². The second kappa shape index (κ2) is 12.2. The predicted molar refractivity (Wildman–Crippen MR) is 127 cm³/mol. The molecule has 0 aliphatic heterocycles. The number of nitrogens with one attached hydrogen (secondary N) is 1. The first kappa shape index (κ1) is 24.6. The van der Waals surface area contributed by atoms with E-state index in [1.54, 1.807) is 41.8 Å². The first-order valence-electron chi connectivity index (χ1n) is 9.93. The summed E-state index contributed by atoms with van der Waals surface area (Å²) in [4.78, 5) is 27.2. The average Bonchev–Trinajstić information content (AvgIpc) is 2.70. The molecular weight excluding hydrogens is 439 g/mol. The summed E-state index contributed by atoms with van der Waals surface area (Å²) in [5.41, 5.74) is 1.99. The number of hydrogen-bond donors (Lipinski definition) is 1. The highest BCUT2D eigenvalue weighted by Gasteiger charge is 2.26. The van der Waals surface area contributed by atoms with Crippen LogP contribution < -0.4 is 5.32 Å². The number of benzene rings is 2. The van der Waals surface area contributed by atoms with Crippen molar-refractivity contribution in [1.29, 1.82) is 0 Å². The maximum absolute atomic E-state index is 13.0. The molecule has 7 heteroatoms. The largest absolute Gasteiger partial charge is 0.352 e. The summed E-state index contributed by atoms with van der Waals surface area (Å²) in [6, 6.07) is 14.7. The molecule has 2 amide bonds. The van der Waals surface area contributed by atoms with Gasteiger partial charge >= 0.3 is 0 Å². The van der Waals surface area contributed by atoms with Gasteiger partial charge in [0.2, 0.25) is 11.8 Å². The first-order valence-corrected chi connectivity index (χ1v) is 11.8. The fourth-order valence-electron chi connectivity index (χ4n) is 2.89. The van der Waals surface area contributed by atoms with Gasteiger partial charge in [-0.3, -0.25) is 9.59 Å². The lowest BCUT2D eigenvalue weighted by Gasteiger charge is -2.29. The molecule has 0 spiro atoms. The summed E-state index contributed by atoms with van der Waals surface area (Å²) in [5.74, 6) is 1.27. The topological polar surface area (TPSA) is 49.4 Å². The normalized spacial score (nSPS) is 11.9. The van der Waals surface area contributed by atoms with Gasteiger partial charge in [0.05, 0.1) is 0 Å². The van der Waals surface area contributed by atoms with Crippen molar-refractivity contribution >= 4 is 46.8 Å². The Bertz CT molecular complexity index is 846. The quantitative estimate of drug-likeness (QED) is 0.466. The Morgan fingerprint density at radius 2 is 1.77 bits per heavy atom. The van der Waals surface area contributed by atoms with Gasteiger partial charge in [-0.1, -0.05) is 59.6 Å². The van der Waals surface area contributed by atoms with Crippen LogP contribution in [-0.4, -0.2) is 34.6 Å². The molecule has 2 aromatic rings. The van der Waals surface area contributed by atoms with E-state index in [1.807, 2.05) is 32.0 Å². The highest BCUT2D eigenvalue weighted by atomic mass is 35.5. The van der Waals surface area contributed by atoms with Crippen LogP contribution in [0.3, 0.4) is 0 Å². The fourth-order valence-corrected chi connectivity index (χ4v) is 4.25. The van der Waals surface area contributed by atoms with Crippen molar-refractivity contribution < 1.29 is 9.59 Å². The molecule has 0 saturated heterocycles. The highest BCUT2D eigenvalue weighted by Crippen LogP contribution is 2.24. The molecule has 0 unspecified atom stereocenters. The van der Waals surface area contributed by atoms with Gasteiger partial charge in [0.25, 0.3) is 0 Å². The van der Waals surface area contributed by atoms with E-state index in [9.17, 15) is 9.59 Å². The Labute approximate surface area is 193 Å². The van der Waals surface area contributed by atoms with Crippen molar-refractivity contribution in [1.82, 2.24) is 10.2 Å². The number of amides is 2. The predicted octanol–water partition coefficient (Wildman–Crippen LogP) is 5.56. The molecular formula is C23H28Cl2N2O2S. The molecule has 0 heterocycles. The van der Waals surface area contributed by atoms with E-state index in [0.717, 1.165) is 11.3 Å². The molecule has 0 fully saturated rings. The molecule has 162 valence electrons. The standard InChI is InChI=1S/C23H28Cl2N2O2S/c1-16(2)26-23(29)17(3)27(14-19-9-10-20(24)13-21(19)25)22(28)11-12-30-15-18-7-5-4-6-8-18/h4-10,13,16-17H,11-12,14-15H2,1-3H3,(H,26,29)/t17-/m1/s1. The van der Waals surface area contributed by atoms with E-state index in [1.165, 1.54) is 5.56 Å². The third-order valence-corrected chi connectivity index (χ3v) is 6.14. The van der Waals surface area contributed by atoms with Crippen LogP contribution in [0.1, 0.15) is 38.3 Å². The number of halogens is 2. The lowest BCUT2D eigenvalue weighted by Crippen LogP contribution is -2.49. The third-order valence-electron chi connectivity index (χ3n) is 4.53. The van der Waals surface area contributed by atoms with Crippen molar-refractivity contribution in [2.45, 2.75) is 51.6 Å². The molecule has 0 bridgehead atoms. The minimum absolute atomic E-state index is 0.00236. The van der Waals surface area contributed by atoms with Gasteiger partial charge in [-0.15, -0.1) is 0 Å². The minimum Gasteiger partial charge on any atom is -0.352 e. The molecule has 0 aliphatic carbocycles. The summed E-state index contributed by atoms with van der Waals surface area (Å²) in [6.07, 6.45) is 0.349. The Hall–Kier alpha value is -1.69. The van der Waals surface area contributed by atoms with Gasteiger partial charge in [0.15, 0.2) is 0 Å². The molecule has 0 aliphatic rings. The van der Waals surface area contributed by atoms with Crippen LogP contribution in [0.2, 0.25) is 10.0 Å². The maximum Gasteiger partial charge on any atom is 0.242 e. The zero-order chi connectivity index (χ0) is 22.1. The molecule has 30 heavy (non-hydrogen) atoms. The lowest BCUT2D eigenvalue weighted by atomic mass is 10.1. The Morgan fingerprint density at radius 1 is 1.07 bits per heavy atom. The van der Waals surface area contributed by atoms with Crippen molar-refractivity contribution in [3.8, 4) is 0 Å². The van der Waals surface area contributed by atoms with E-state index in [0.29, 0.717) is 22.2 Å². The zero-order valence-electron chi connectivity index (χ0n) is 17.5. The second-order valence-corrected chi connectivity index (χ2v) is 9.33. The van der Waals surface area contributed by atoms with Gasteiger partial charge in [-0.05, 0) is 44.0 Å². The highest BCUT2D eigenvalue weighted by molar-refractivity contribution is 7.98. The smallest absolute Gasteiger partial charge is 0.242 e. The number of rotatable bonds is 10. The van der Waals surface area contributed by atoms with Gasteiger partial charge in [-0.2, -0.15) is 11.8 Å². The van der Waals surface area contributed by atoms with Crippen LogP contribution in [0.5, 0.6) is 0 Å². The van der Waals surface area contributed by atoms with E-state index in [2.05, 4.69) is 17.4 Å². The summed E-state index contributed by atoms with van der Waals surface area (Å²) < 4.78 is 0. The number of hydrogen-bond acceptors (Lipinski definition) is 3. The second-order valence-electron chi connectivity index (χ2n) is 7.38. The van der Waals surface area contributed by atoms with Gasteiger partial charge in [0, 0.05) is 40.6 Å². The molecule has 0 saturated carbocycles. The number of nitrogens with zero attached hydrogens (tertiary/aromatic N) is 1. The van der Waals surface area contributed by atoms with Gasteiger partial charge < -0.3 is 10.2 Å². The van der Waals surface area contributed by atoms with Crippen molar-refractivity contribution in [3.05, 3.63) is 69.7 Å². The fraction of sp³-hybridized carbons (Fsp3) is 0.391. The van der Waals surface area contributed by atoms with Crippen LogP contribution >= 0.6 is 35.0 Å². The number of carbonyl (C=O) groups is 2. The molecule has 4 nitrogen and oxygen atoms in total. The van der Waals surface area contributed by atoms with E-state index < -0.39 is 6.04 Å². The molecule has 2 aromatic carbocycles. The molecule has 2 rings (SSSR count). The molecule has 0 aromatic heterocycles. The summed E-state index contributed by atoms with van der Waals surface area (Å²) in [6.45, 7) is 5.79. The Balaban J connectivity index is 2.04. The zero-order valence-corrected chi connectivity index (χ0v) is 19.9. The Morgan fingerprint density at radius 3 is 2.40 bits per heavy atom. The number of thioether (sulfide) groups is 1. The maximum atomic E-state index is 13.0. The number of carbonyl (C=O) groups excluding carboxylic acids is 2. The van der Waals surface area contributed by atoms with Crippen LogP contribution in [0.4, 0.5) is 0 Å². The van der Waals surface area contributed by atoms with Crippen LogP contribution in [0.25, 0.3) is 0 Å². The third kappa shape index (κ3) is 7.86. The van der Waals surface area contributed by atoms with Crippen molar-refractivity contribution in [3.63, 3.8) is 0 Å². The molecule has 0 radical (unpaired) electrons. The van der Waals surface area contributed by atoms with Gasteiger partial charge in [-0.25, -0.2) is 0 Å². The van der Waals surface area contributed by atoms with E-state index in [-0.39, 0.29) is 24.4 Å². The van der Waals surface area contributed by atoms with Crippen molar-refractivity contribution in [2.24, 2.45) is 0 Å². The summed E-state index contributed by atoms with van der Waals surface area (Å²) >= 11 is 14.0. The molecule has 1 N–H and O–H groups in total. The van der Waals surface area contributed by atoms with Gasteiger partial charge in [0.1, 0.15) is 6.04 Å². The summed E-state index contributed by atoms with van der Waals surface area (Å²) in [5, 5.41) is 3.90. The lowest BCUT2D eigenvalue weighted by molar-refractivity contribution is -0.140. The SMILES string of the molecule is CC(C)NC(=O)[C@@H](C)N(Cc1ccc(Cl)cc1Cl)C(=O)CCSCc1ccccc1. The molecule has 1 atom stereocenters. The summed E-state index contributed by atoms with van der Waals surface area (Å²) in [7, 11) is 0. The van der Waals surface area contributed by atoms with Crippen LogP contribution in [-0.2, 0) is 21.9 Å². The first-order chi connectivity index (χ1) is 14.3. The van der Waals surface area contributed by atoms with E-state index >= 15 is 0 Å². The van der Waals surface area contributed by atoms with Crippen molar-refractivity contribution in [2.75, 3.05) is 5.75 Å². The van der Waals surface area contributed by atoms with Crippen LogP contribution in [0, 0.1) is 0 Å². The Kier molecular flexibility index (Phi) is 10.0.